The molecule has 0 heterocycles. The van der Waals surface area contributed by atoms with Gasteiger partial charge >= 0.3 is 0 Å². The molecule has 3 N–H and O–H groups in total. The molecule has 1 atom stereocenters. The number of amides is 1. The molecule has 0 aromatic rings. The van der Waals surface area contributed by atoms with E-state index in [0.29, 0.717) is 5.92 Å². The maximum absolute atomic E-state index is 11.6. The molecule has 0 saturated heterocycles. The highest BCUT2D eigenvalue weighted by atomic mass is 16.3. The van der Waals surface area contributed by atoms with Crippen molar-refractivity contribution in [2.45, 2.75) is 52.6 Å². The Labute approximate surface area is 98.8 Å². The van der Waals surface area contributed by atoms with E-state index in [1.807, 2.05) is 13.8 Å². The van der Waals surface area contributed by atoms with Gasteiger partial charge < -0.3 is 15.7 Å². The fraction of sp³-hybridized carbons (Fsp3) is 0.917. The van der Waals surface area contributed by atoms with Crippen LogP contribution in [0.2, 0.25) is 0 Å². The van der Waals surface area contributed by atoms with Gasteiger partial charge in [0, 0.05) is 12.1 Å². The molecule has 0 aliphatic heterocycles. The summed E-state index contributed by atoms with van der Waals surface area (Å²) >= 11 is 0. The van der Waals surface area contributed by atoms with Gasteiger partial charge in [0.25, 0.3) is 0 Å². The molecule has 96 valence electrons. The molecule has 0 rings (SSSR count). The second-order valence-corrected chi connectivity index (χ2v) is 4.49. The molecule has 0 aliphatic rings. The predicted octanol–water partition coefficient (Wildman–Crippen LogP) is 0.898. The molecule has 4 heteroatoms. The van der Waals surface area contributed by atoms with Crippen LogP contribution in [0.3, 0.4) is 0 Å². The first-order chi connectivity index (χ1) is 7.54. The van der Waals surface area contributed by atoms with Crippen LogP contribution in [0, 0.1) is 5.92 Å². The van der Waals surface area contributed by atoms with Crippen LogP contribution in [0.15, 0.2) is 0 Å². The highest BCUT2D eigenvalue weighted by molar-refractivity contribution is 5.78. The van der Waals surface area contributed by atoms with Crippen LogP contribution in [0.4, 0.5) is 0 Å². The van der Waals surface area contributed by atoms with Crippen molar-refractivity contribution < 1.29 is 9.90 Å². The molecule has 0 aromatic heterocycles. The van der Waals surface area contributed by atoms with Gasteiger partial charge in [0.1, 0.15) is 0 Å². The Kier molecular flexibility index (Phi) is 8.21. The van der Waals surface area contributed by atoms with E-state index in [4.69, 9.17) is 5.11 Å². The van der Waals surface area contributed by atoms with Gasteiger partial charge in [0.2, 0.25) is 5.91 Å². The molecule has 1 amide bonds. The largest absolute Gasteiger partial charge is 0.395 e. The number of nitrogens with one attached hydrogen (secondary N) is 2. The summed E-state index contributed by atoms with van der Waals surface area (Å²) in [5.74, 6) is 0.332. The molecule has 0 saturated carbocycles. The van der Waals surface area contributed by atoms with Gasteiger partial charge in [-0.15, -0.1) is 0 Å². The van der Waals surface area contributed by atoms with Crippen molar-refractivity contribution in [1.29, 1.82) is 0 Å². The van der Waals surface area contributed by atoms with Crippen LogP contribution in [-0.4, -0.2) is 36.2 Å². The third-order valence-electron chi connectivity index (χ3n) is 2.88. The van der Waals surface area contributed by atoms with Crippen molar-refractivity contribution in [3.05, 3.63) is 0 Å². The lowest BCUT2D eigenvalue weighted by atomic mass is 10.1. The summed E-state index contributed by atoms with van der Waals surface area (Å²) in [6.07, 6.45) is 1.91. The van der Waals surface area contributed by atoms with Crippen molar-refractivity contribution >= 4 is 5.91 Å². The van der Waals surface area contributed by atoms with Crippen molar-refractivity contribution in [1.82, 2.24) is 10.6 Å². The van der Waals surface area contributed by atoms with Crippen LogP contribution in [0.1, 0.15) is 40.5 Å². The summed E-state index contributed by atoms with van der Waals surface area (Å²) in [6, 6.07) is 0.258. The lowest BCUT2D eigenvalue weighted by Gasteiger charge is -2.21. The van der Waals surface area contributed by atoms with Crippen LogP contribution >= 0.6 is 0 Å². The number of carbonyl (C=O) groups excluding carboxylic acids is 1. The Morgan fingerprint density at radius 3 is 2.19 bits per heavy atom. The zero-order valence-electron chi connectivity index (χ0n) is 10.9. The highest BCUT2D eigenvalue weighted by Gasteiger charge is 2.14. The Hall–Kier alpha value is -0.610. The Morgan fingerprint density at radius 1 is 1.25 bits per heavy atom. The Morgan fingerprint density at radius 2 is 1.81 bits per heavy atom. The zero-order valence-corrected chi connectivity index (χ0v) is 10.9. The third-order valence-corrected chi connectivity index (χ3v) is 2.88. The minimum atomic E-state index is -0.00699. The number of hydrogen-bond donors (Lipinski definition) is 3. The van der Waals surface area contributed by atoms with Crippen LogP contribution in [0.5, 0.6) is 0 Å². The average Bonchev–Trinajstić information content (AvgIpc) is 2.26. The quantitative estimate of drug-likeness (QED) is 0.580. The minimum Gasteiger partial charge on any atom is -0.395 e. The summed E-state index contributed by atoms with van der Waals surface area (Å²) in [5.41, 5.74) is 0. The fourth-order valence-electron chi connectivity index (χ4n) is 1.51. The molecule has 0 spiro atoms. The monoisotopic (exact) mass is 230 g/mol. The van der Waals surface area contributed by atoms with E-state index in [-0.39, 0.29) is 31.1 Å². The first kappa shape index (κ1) is 15.4. The van der Waals surface area contributed by atoms with E-state index in [1.165, 1.54) is 0 Å². The summed E-state index contributed by atoms with van der Waals surface area (Å²) in [7, 11) is 0. The second-order valence-electron chi connectivity index (χ2n) is 4.49. The maximum atomic E-state index is 11.6. The fourth-order valence-corrected chi connectivity index (χ4v) is 1.51. The van der Waals surface area contributed by atoms with Gasteiger partial charge in [-0.05, 0) is 18.8 Å². The maximum Gasteiger partial charge on any atom is 0.234 e. The molecule has 0 radical (unpaired) electrons. The Bertz CT molecular complexity index is 191. The van der Waals surface area contributed by atoms with Crippen LogP contribution in [-0.2, 0) is 4.79 Å². The summed E-state index contributed by atoms with van der Waals surface area (Å²) in [6.45, 7) is 8.51. The van der Waals surface area contributed by atoms with Crippen molar-refractivity contribution in [3.8, 4) is 0 Å². The van der Waals surface area contributed by atoms with Gasteiger partial charge in [0.15, 0.2) is 0 Å². The van der Waals surface area contributed by atoms with E-state index >= 15 is 0 Å². The molecule has 1 unspecified atom stereocenters. The topological polar surface area (TPSA) is 61.4 Å². The van der Waals surface area contributed by atoms with Gasteiger partial charge in [-0.2, -0.15) is 0 Å². The normalized spacial score (nSPS) is 13.2. The summed E-state index contributed by atoms with van der Waals surface area (Å²) in [5, 5.41) is 15.1. The van der Waals surface area contributed by atoms with Crippen molar-refractivity contribution in [2.75, 3.05) is 13.2 Å². The van der Waals surface area contributed by atoms with Crippen LogP contribution < -0.4 is 10.6 Å². The number of aliphatic hydroxyl groups is 1. The minimum absolute atomic E-state index is 0.00699. The van der Waals surface area contributed by atoms with Crippen LogP contribution in [0.25, 0.3) is 0 Å². The van der Waals surface area contributed by atoms with E-state index in [9.17, 15) is 4.79 Å². The molecule has 0 aromatic carbocycles. The Balaban J connectivity index is 3.87. The lowest BCUT2D eigenvalue weighted by Crippen LogP contribution is -2.45. The van der Waals surface area contributed by atoms with E-state index in [0.717, 1.165) is 12.8 Å². The van der Waals surface area contributed by atoms with Crippen molar-refractivity contribution in [2.24, 2.45) is 5.92 Å². The first-order valence-electron chi connectivity index (χ1n) is 6.18. The average molecular weight is 230 g/mol. The van der Waals surface area contributed by atoms with Crippen molar-refractivity contribution in [3.63, 3.8) is 0 Å². The molecule has 0 aliphatic carbocycles. The molecule has 0 fully saturated rings. The smallest absolute Gasteiger partial charge is 0.234 e. The highest BCUT2D eigenvalue weighted by Crippen LogP contribution is 2.00. The molecular formula is C12H26N2O2. The number of rotatable bonds is 8. The van der Waals surface area contributed by atoms with E-state index in [2.05, 4.69) is 24.5 Å². The zero-order chi connectivity index (χ0) is 12.6. The lowest BCUT2D eigenvalue weighted by molar-refractivity contribution is -0.121. The summed E-state index contributed by atoms with van der Waals surface area (Å²) in [4.78, 5) is 11.6. The summed E-state index contributed by atoms with van der Waals surface area (Å²) < 4.78 is 0. The van der Waals surface area contributed by atoms with E-state index < -0.39 is 0 Å². The first-order valence-corrected chi connectivity index (χ1v) is 6.18. The van der Waals surface area contributed by atoms with Gasteiger partial charge in [-0.1, -0.05) is 27.7 Å². The molecular weight excluding hydrogens is 204 g/mol. The SMILES string of the molecule is CCC(CC)NC(=O)CNC(CO)C(C)C. The van der Waals surface area contributed by atoms with Gasteiger partial charge in [-0.25, -0.2) is 0 Å². The molecule has 0 bridgehead atoms. The van der Waals surface area contributed by atoms with Gasteiger partial charge in [0.05, 0.1) is 13.2 Å². The molecule has 4 nitrogen and oxygen atoms in total. The third kappa shape index (κ3) is 6.08. The number of carbonyl (C=O) groups is 1. The number of hydrogen-bond acceptors (Lipinski definition) is 3. The van der Waals surface area contributed by atoms with E-state index in [1.54, 1.807) is 0 Å². The second kappa shape index (κ2) is 8.53. The van der Waals surface area contributed by atoms with Gasteiger partial charge in [-0.3, -0.25) is 4.79 Å². The standard InChI is InChI=1S/C12H26N2O2/c1-5-10(6-2)14-12(16)7-13-11(8-15)9(3)4/h9-11,13,15H,5-8H2,1-4H3,(H,14,16). The molecule has 16 heavy (non-hydrogen) atoms. The number of aliphatic hydroxyl groups excluding tert-OH is 1. The predicted molar refractivity (Wildman–Crippen MR) is 66.2 cm³/mol.